The first kappa shape index (κ1) is 26.4. The fourth-order valence-electron chi connectivity index (χ4n) is 8.18. The summed E-state index contributed by atoms with van der Waals surface area (Å²) in [5.41, 5.74) is 5.38. The normalized spacial score (nSPS) is 13.3. The van der Waals surface area contributed by atoms with E-state index < -0.39 is 0 Å². The van der Waals surface area contributed by atoms with Crippen LogP contribution in [0.5, 0.6) is 0 Å². The molecule has 5 nitrogen and oxygen atoms in total. The minimum atomic E-state index is -0.370. The van der Waals surface area contributed by atoms with Crippen molar-refractivity contribution in [2.45, 2.75) is 0 Å². The van der Waals surface area contributed by atoms with Gasteiger partial charge in [0.25, 0.3) is 0 Å². The van der Waals surface area contributed by atoms with E-state index in [0.29, 0.717) is 34.3 Å². The monoisotopic (exact) mass is 752 g/mol. The van der Waals surface area contributed by atoms with E-state index in [0.717, 1.165) is 53.1 Å². The molecule has 0 spiro atoms. The molecule has 57 heavy (non-hydrogen) atoms. The fourth-order valence-corrected chi connectivity index (χ4v) is 9.32. The highest BCUT2D eigenvalue weighted by Crippen LogP contribution is 2.45. The Morgan fingerprint density at radius 1 is 0.456 bits per heavy atom. The lowest BCUT2D eigenvalue weighted by atomic mass is 9.97. The molecule has 6 heteroatoms. The zero-order valence-electron chi connectivity index (χ0n) is 36.0. The molecule has 0 unspecified atom stereocenters. The summed E-state index contributed by atoms with van der Waals surface area (Å²) in [6, 6.07) is 46.0. The third kappa shape index (κ3) is 4.91. The molecule has 8 aromatic carbocycles. The molecule has 0 fully saturated rings. The number of fused-ring (bicyclic) bond motifs is 9. The minimum absolute atomic E-state index is 0.0186. The smallest absolute Gasteiger partial charge is 0.166 e. The van der Waals surface area contributed by atoms with Gasteiger partial charge in [-0.05, 0) is 36.4 Å². The molecule has 0 bridgehead atoms. The van der Waals surface area contributed by atoms with E-state index in [1.807, 2.05) is 109 Å². The van der Waals surface area contributed by atoms with Crippen molar-refractivity contribution >= 4 is 75.3 Å². The molecule has 0 amide bonds. The maximum Gasteiger partial charge on any atom is 0.166 e. The average Bonchev–Trinajstić information content (AvgIpc) is 4.01. The van der Waals surface area contributed by atoms with Crippen LogP contribution in [0, 0.1) is 0 Å². The van der Waals surface area contributed by atoms with Gasteiger partial charge in [-0.15, -0.1) is 11.3 Å². The predicted molar refractivity (Wildman–Crippen MR) is 236 cm³/mol. The fraction of sp³-hybridized carbons (Fsp3) is 0. The lowest BCUT2D eigenvalue weighted by molar-refractivity contribution is 0.670. The zero-order valence-corrected chi connectivity index (χ0v) is 30.8. The van der Waals surface area contributed by atoms with Crippen molar-refractivity contribution in [3.8, 4) is 51.0 Å². The molecular weight excluding hydrogens is 717 g/mol. The van der Waals surface area contributed by atoms with E-state index in [-0.39, 0.29) is 63.8 Å². The third-order valence-electron chi connectivity index (χ3n) is 10.6. The maximum atomic E-state index is 9.57. The highest BCUT2D eigenvalue weighted by Gasteiger charge is 2.25. The predicted octanol–water partition coefficient (Wildman–Crippen LogP) is 13.9. The molecule has 0 aliphatic heterocycles. The van der Waals surface area contributed by atoms with Gasteiger partial charge in [-0.25, -0.2) is 15.0 Å². The summed E-state index contributed by atoms with van der Waals surface area (Å²) >= 11 is 1.72. The molecule has 0 aliphatic rings. The number of thiophene rings is 1. The highest BCUT2D eigenvalue weighted by atomic mass is 32.1. The first-order valence-corrected chi connectivity index (χ1v) is 19.4. The molecule has 4 heterocycles. The number of para-hydroxylation sites is 5. The molecular formula is C51H30N4OS. The summed E-state index contributed by atoms with van der Waals surface area (Å²) in [7, 11) is 0. The molecule has 0 aliphatic carbocycles. The Morgan fingerprint density at radius 2 is 1.09 bits per heavy atom. The second-order valence-electron chi connectivity index (χ2n) is 13.8. The van der Waals surface area contributed by atoms with Crippen LogP contribution in [0.15, 0.2) is 186 Å². The molecule has 0 atom stereocenters. The number of furan rings is 1. The van der Waals surface area contributed by atoms with Crippen molar-refractivity contribution in [3.05, 3.63) is 182 Å². The number of aromatic nitrogens is 4. The minimum Gasteiger partial charge on any atom is -0.455 e. The van der Waals surface area contributed by atoms with E-state index in [9.17, 15) is 2.74 Å². The average molecular weight is 753 g/mol. The Hall–Kier alpha value is -7.41. The number of hydrogen-bond donors (Lipinski definition) is 0. The largest absolute Gasteiger partial charge is 0.455 e. The van der Waals surface area contributed by atoms with Crippen molar-refractivity contribution in [1.29, 1.82) is 0 Å². The topological polar surface area (TPSA) is 56.7 Å². The van der Waals surface area contributed by atoms with Gasteiger partial charge in [-0.3, -0.25) is 0 Å². The summed E-state index contributed by atoms with van der Waals surface area (Å²) in [5.74, 6) is 1.32. The number of rotatable bonds is 5. The van der Waals surface area contributed by atoms with E-state index in [1.54, 1.807) is 11.3 Å². The molecule has 12 rings (SSSR count). The van der Waals surface area contributed by atoms with Gasteiger partial charge in [0.05, 0.1) is 24.9 Å². The van der Waals surface area contributed by atoms with Gasteiger partial charge in [0.1, 0.15) is 11.2 Å². The van der Waals surface area contributed by atoms with Crippen LogP contribution < -0.4 is 0 Å². The van der Waals surface area contributed by atoms with Crippen LogP contribution in [0.25, 0.3) is 115 Å². The third-order valence-corrected chi connectivity index (χ3v) is 11.8. The van der Waals surface area contributed by atoms with E-state index >= 15 is 0 Å². The molecule has 0 N–H and O–H groups in total. The van der Waals surface area contributed by atoms with Gasteiger partial charge in [-0.1, -0.05) is 145 Å². The summed E-state index contributed by atoms with van der Waals surface area (Å²) in [6.45, 7) is 0. The first-order chi connectivity index (χ1) is 30.8. The lowest BCUT2D eigenvalue weighted by Gasteiger charge is -2.19. The van der Waals surface area contributed by atoms with Crippen LogP contribution in [0.1, 0.15) is 8.22 Å². The van der Waals surface area contributed by atoms with E-state index in [1.165, 1.54) is 6.07 Å². The summed E-state index contributed by atoms with van der Waals surface area (Å²) in [4.78, 5) is 15.8. The number of benzene rings is 8. The maximum absolute atomic E-state index is 9.57. The van der Waals surface area contributed by atoms with Crippen LogP contribution in [-0.2, 0) is 0 Å². The van der Waals surface area contributed by atoms with Gasteiger partial charge >= 0.3 is 0 Å². The zero-order chi connectivity index (χ0) is 42.7. The lowest BCUT2D eigenvalue weighted by Crippen LogP contribution is -2.05. The van der Waals surface area contributed by atoms with Crippen molar-refractivity contribution in [2.24, 2.45) is 0 Å². The van der Waals surface area contributed by atoms with Gasteiger partial charge in [0.2, 0.25) is 0 Å². The molecule has 4 aromatic heterocycles. The standard InChI is InChI=1S/C51H30N4OS/c1-2-15-31(16-3-1)49-52-50(39-24-14-30-45-46(39)38-20-7-11-29-44(38)57-45)54-51(53-49)40-25-12-21-35(37-23-13-22-36-34-19-6-10-28-43(34)56-48(36)37)47(40)55-41-26-8-4-17-32(41)33-18-5-9-27-42(33)55/h1-30H/i6D,13D,19D,22D,23D,28D. The van der Waals surface area contributed by atoms with Crippen LogP contribution >= 0.6 is 11.3 Å². The summed E-state index contributed by atoms with van der Waals surface area (Å²) < 4.78 is 64.8. The van der Waals surface area contributed by atoms with Crippen LogP contribution in [0.3, 0.4) is 0 Å². The van der Waals surface area contributed by atoms with Crippen LogP contribution in [-0.4, -0.2) is 19.5 Å². The Morgan fingerprint density at radius 3 is 1.91 bits per heavy atom. The molecule has 0 radical (unpaired) electrons. The van der Waals surface area contributed by atoms with Gasteiger partial charge in [-0.2, -0.15) is 0 Å². The Kier molecular flexibility index (Phi) is 5.82. The molecule has 12 aromatic rings. The molecule has 0 saturated carbocycles. The second kappa shape index (κ2) is 12.6. The van der Waals surface area contributed by atoms with E-state index in [4.69, 9.17) is 24.9 Å². The SMILES string of the molecule is [2H]c1cc([2H])c2oc3c(-c4cccc(-c5nc(-c6ccccc6)nc(-c6cccc7sc8ccccc8c67)n5)c4-n4c5ccccc5c5ccccc54)c([2H])c([2H])c([2H])c3c2c1[2H]. The Bertz CT molecular complexity index is 3840. The highest BCUT2D eigenvalue weighted by molar-refractivity contribution is 7.25. The Labute approximate surface area is 339 Å². The van der Waals surface area contributed by atoms with Crippen molar-refractivity contribution < 1.29 is 12.6 Å². The first-order valence-electron chi connectivity index (χ1n) is 21.5. The second-order valence-corrected chi connectivity index (χ2v) is 14.9. The van der Waals surface area contributed by atoms with Crippen molar-refractivity contribution in [3.63, 3.8) is 0 Å². The molecule has 0 saturated heterocycles. The van der Waals surface area contributed by atoms with Crippen molar-refractivity contribution in [2.75, 3.05) is 0 Å². The number of nitrogens with zero attached hydrogens (tertiary/aromatic N) is 4. The Balaban J connectivity index is 1.25. The summed E-state index contributed by atoms with van der Waals surface area (Å²) in [6.07, 6.45) is 0. The van der Waals surface area contributed by atoms with Crippen molar-refractivity contribution in [1.82, 2.24) is 19.5 Å². The van der Waals surface area contributed by atoms with Crippen LogP contribution in [0.2, 0.25) is 0 Å². The number of hydrogen-bond acceptors (Lipinski definition) is 5. The van der Waals surface area contributed by atoms with E-state index in [2.05, 4.69) is 34.9 Å². The van der Waals surface area contributed by atoms with Gasteiger partial charge in [0.15, 0.2) is 17.5 Å². The van der Waals surface area contributed by atoms with Gasteiger partial charge < -0.3 is 8.98 Å². The molecule has 266 valence electrons. The van der Waals surface area contributed by atoms with Crippen LogP contribution in [0.4, 0.5) is 0 Å². The summed E-state index contributed by atoms with van der Waals surface area (Å²) in [5, 5.41) is 4.35. The quantitative estimate of drug-likeness (QED) is 0.176. The van der Waals surface area contributed by atoms with Gasteiger partial charge in [0, 0.05) is 69.5 Å².